The number of H-pyrrole nitrogens is 1. The van der Waals surface area contributed by atoms with E-state index >= 15 is 0 Å². The smallest absolute Gasteiger partial charge is 0.247 e. The first-order chi connectivity index (χ1) is 15.4. The van der Waals surface area contributed by atoms with Gasteiger partial charge in [0, 0.05) is 44.5 Å². The molecule has 3 aromatic heterocycles. The number of benzene rings is 1. The van der Waals surface area contributed by atoms with Gasteiger partial charge in [0.15, 0.2) is 0 Å². The molecule has 0 bridgehead atoms. The molecule has 4 rings (SSSR count). The van der Waals surface area contributed by atoms with Crippen molar-refractivity contribution in [3.8, 4) is 22.4 Å². The number of fused-ring (bicyclic) bond motifs is 1. The number of carbonyl (C=O) groups is 1. The fourth-order valence-electron chi connectivity index (χ4n) is 3.62. The Morgan fingerprint density at radius 1 is 1.31 bits per heavy atom. The third kappa shape index (κ3) is 4.33. The SMILES string of the molecule is C=CC(=O)Nc1cc(-c2c(-c3cnn(C)c3)[nH]c3ncc(COC(C)C)cc23)ccc1C.[HH].[HH]. The van der Waals surface area contributed by atoms with Crippen molar-refractivity contribution in [2.75, 3.05) is 5.32 Å². The van der Waals surface area contributed by atoms with Crippen LogP contribution in [-0.2, 0) is 23.2 Å². The Kier molecular flexibility index (Phi) is 5.92. The highest BCUT2D eigenvalue weighted by molar-refractivity contribution is 6.04. The molecule has 3 heterocycles. The van der Waals surface area contributed by atoms with Crippen LogP contribution in [0.2, 0.25) is 0 Å². The fourth-order valence-corrected chi connectivity index (χ4v) is 3.62. The number of aromatic amines is 1. The van der Waals surface area contributed by atoms with Crippen molar-refractivity contribution in [2.24, 2.45) is 7.05 Å². The zero-order valence-electron chi connectivity index (χ0n) is 18.8. The van der Waals surface area contributed by atoms with E-state index in [-0.39, 0.29) is 14.9 Å². The molecule has 7 heteroatoms. The summed E-state index contributed by atoms with van der Waals surface area (Å²) in [5.74, 6) is -0.244. The molecule has 0 spiro atoms. The molecule has 0 fully saturated rings. The van der Waals surface area contributed by atoms with E-state index in [9.17, 15) is 4.79 Å². The highest BCUT2D eigenvalue weighted by Gasteiger charge is 2.19. The lowest BCUT2D eigenvalue weighted by molar-refractivity contribution is -0.111. The van der Waals surface area contributed by atoms with Gasteiger partial charge in [-0.2, -0.15) is 5.10 Å². The van der Waals surface area contributed by atoms with E-state index in [0.29, 0.717) is 6.61 Å². The second-order valence-corrected chi connectivity index (χ2v) is 8.10. The molecule has 32 heavy (non-hydrogen) atoms. The second kappa shape index (κ2) is 8.80. The first-order valence-corrected chi connectivity index (χ1v) is 10.5. The average Bonchev–Trinajstić information content (AvgIpc) is 3.36. The summed E-state index contributed by atoms with van der Waals surface area (Å²) in [5.41, 5.74) is 7.33. The maximum Gasteiger partial charge on any atom is 0.247 e. The van der Waals surface area contributed by atoms with Crippen molar-refractivity contribution in [3.05, 3.63) is 66.6 Å². The molecule has 7 nitrogen and oxygen atoms in total. The maximum absolute atomic E-state index is 11.9. The lowest BCUT2D eigenvalue weighted by Gasteiger charge is -2.11. The first-order valence-electron chi connectivity index (χ1n) is 10.5. The Bertz CT molecular complexity index is 1310. The van der Waals surface area contributed by atoms with Gasteiger partial charge in [-0.25, -0.2) is 4.98 Å². The van der Waals surface area contributed by atoms with Crippen molar-refractivity contribution in [1.29, 1.82) is 0 Å². The van der Waals surface area contributed by atoms with Gasteiger partial charge in [0.25, 0.3) is 0 Å². The molecule has 0 aliphatic rings. The van der Waals surface area contributed by atoms with E-state index in [0.717, 1.165) is 50.2 Å². The molecule has 2 N–H and O–H groups in total. The summed E-state index contributed by atoms with van der Waals surface area (Å²) in [4.78, 5) is 20.1. The van der Waals surface area contributed by atoms with Crippen molar-refractivity contribution in [2.45, 2.75) is 33.5 Å². The van der Waals surface area contributed by atoms with Crippen LogP contribution in [-0.4, -0.2) is 31.8 Å². The van der Waals surface area contributed by atoms with Crippen LogP contribution >= 0.6 is 0 Å². The maximum atomic E-state index is 11.9. The lowest BCUT2D eigenvalue weighted by Crippen LogP contribution is -2.08. The fraction of sp³-hybridized carbons (Fsp3) is 0.240. The number of anilines is 1. The molecule has 0 saturated heterocycles. The zero-order valence-corrected chi connectivity index (χ0v) is 18.8. The van der Waals surface area contributed by atoms with Gasteiger partial charge in [-0.3, -0.25) is 9.48 Å². The first kappa shape index (κ1) is 21.5. The van der Waals surface area contributed by atoms with Crippen LogP contribution in [0.15, 0.2) is 55.5 Å². The van der Waals surface area contributed by atoms with E-state index in [1.54, 1.807) is 4.68 Å². The Labute approximate surface area is 190 Å². The number of aromatic nitrogens is 4. The Hall–Kier alpha value is -3.71. The van der Waals surface area contributed by atoms with Crippen LogP contribution < -0.4 is 5.32 Å². The zero-order chi connectivity index (χ0) is 22.8. The molecule has 1 amide bonds. The quantitative estimate of drug-likeness (QED) is 0.378. The Morgan fingerprint density at radius 3 is 2.81 bits per heavy atom. The topological polar surface area (TPSA) is 84.8 Å². The van der Waals surface area contributed by atoms with Gasteiger partial charge in [0.1, 0.15) is 5.65 Å². The number of aryl methyl sites for hydroxylation is 2. The number of hydrogen-bond acceptors (Lipinski definition) is 4. The molecule has 0 unspecified atom stereocenters. The molecule has 0 radical (unpaired) electrons. The predicted molar refractivity (Wildman–Crippen MR) is 131 cm³/mol. The third-order valence-corrected chi connectivity index (χ3v) is 5.25. The summed E-state index contributed by atoms with van der Waals surface area (Å²) in [6, 6.07) is 8.15. The largest absolute Gasteiger partial charge is 0.374 e. The predicted octanol–water partition coefficient (Wildman–Crippen LogP) is 5.48. The van der Waals surface area contributed by atoms with Crippen molar-refractivity contribution in [3.63, 3.8) is 0 Å². The average molecular weight is 434 g/mol. The number of nitrogens with one attached hydrogen (secondary N) is 2. The second-order valence-electron chi connectivity index (χ2n) is 8.10. The van der Waals surface area contributed by atoms with Crippen LogP contribution in [0.5, 0.6) is 0 Å². The van der Waals surface area contributed by atoms with Gasteiger partial charge in [0.05, 0.1) is 24.6 Å². The van der Waals surface area contributed by atoms with Gasteiger partial charge < -0.3 is 15.0 Å². The van der Waals surface area contributed by atoms with Gasteiger partial charge in [0.2, 0.25) is 5.91 Å². The van der Waals surface area contributed by atoms with Crippen molar-refractivity contribution < 1.29 is 12.4 Å². The van der Waals surface area contributed by atoms with Gasteiger partial charge >= 0.3 is 0 Å². The third-order valence-electron chi connectivity index (χ3n) is 5.25. The molecule has 0 saturated carbocycles. The molecular formula is C25H31N5O2. The number of hydrogen-bond donors (Lipinski definition) is 2. The molecule has 0 atom stereocenters. The number of ether oxygens (including phenoxy) is 1. The highest BCUT2D eigenvalue weighted by atomic mass is 16.5. The highest BCUT2D eigenvalue weighted by Crippen LogP contribution is 2.39. The normalized spacial score (nSPS) is 11.3. The van der Waals surface area contributed by atoms with Crippen LogP contribution in [0.25, 0.3) is 33.4 Å². The Morgan fingerprint density at radius 2 is 2.12 bits per heavy atom. The number of rotatable bonds is 7. The lowest BCUT2D eigenvalue weighted by atomic mass is 9.98. The number of pyridine rings is 1. The van der Waals surface area contributed by atoms with Gasteiger partial charge in [-0.15, -0.1) is 0 Å². The van der Waals surface area contributed by atoms with Crippen LogP contribution in [0, 0.1) is 6.92 Å². The van der Waals surface area contributed by atoms with Gasteiger partial charge in [-0.1, -0.05) is 18.7 Å². The van der Waals surface area contributed by atoms with Crippen LogP contribution in [0.3, 0.4) is 0 Å². The number of amides is 1. The summed E-state index contributed by atoms with van der Waals surface area (Å²) < 4.78 is 7.56. The van der Waals surface area contributed by atoms with Crippen LogP contribution in [0.1, 0.15) is 27.8 Å². The molecule has 168 valence electrons. The minimum absolute atomic E-state index is 0. The number of nitrogens with zero attached hydrogens (tertiary/aromatic N) is 3. The molecule has 0 aliphatic heterocycles. The summed E-state index contributed by atoms with van der Waals surface area (Å²) in [6.45, 7) is 10.0. The minimum atomic E-state index is -0.244. The summed E-state index contributed by atoms with van der Waals surface area (Å²) in [7, 11) is 1.89. The Balaban J connectivity index is 0.00000204. The molecule has 0 aliphatic carbocycles. The summed E-state index contributed by atoms with van der Waals surface area (Å²) in [6.07, 6.45) is 7.03. The standard InChI is InChI=1S/C25H27N5O2.2H2/c1-6-22(31)28-21-10-18(8-7-16(21)4)23-20-9-17(14-32-15(2)3)11-26-25(20)29-24(23)19-12-27-30(5)13-19;;/h6-13,15H,1,14H2,2-5H3,(H,26,29)(H,28,31);2*1H. The van der Waals surface area contributed by atoms with E-state index in [1.807, 2.05) is 58.5 Å². The molecule has 1 aromatic carbocycles. The molecule has 4 aromatic rings. The monoisotopic (exact) mass is 433 g/mol. The number of carbonyl (C=O) groups excluding carboxylic acids is 1. The minimum Gasteiger partial charge on any atom is -0.374 e. The van der Waals surface area contributed by atoms with Gasteiger partial charge in [-0.05, 0) is 55.7 Å². The molecular weight excluding hydrogens is 402 g/mol. The summed E-state index contributed by atoms with van der Waals surface area (Å²) in [5, 5.41) is 8.22. The van der Waals surface area contributed by atoms with Crippen molar-refractivity contribution in [1.82, 2.24) is 19.7 Å². The van der Waals surface area contributed by atoms with Crippen LogP contribution in [0.4, 0.5) is 5.69 Å². The van der Waals surface area contributed by atoms with Crippen molar-refractivity contribution >= 4 is 22.6 Å². The van der Waals surface area contributed by atoms with E-state index in [4.69, 9.17) is 4.74 Å². The van der Waals surface area contributed by atoms with E-state index in [1.165, 1.54) is 6.08 Å². The van der Waals surface area contributed by atoms with E-state index < -0.39 is 0 Å². The van der Waals surface area contributed by atoms with E-state index in [2.05, 4.69) is 39.1 Å². The summed E-state index contributed by atoms with van der Waals surface area (Å²) >= 11 is 0.